The van der Waals surface area contributed by atoms with E-state index in [1.54, 1.807) is 29.8 Å². The molecule has 3 N–H and O–H groups in total. The fourth-order valence-electron chi connectivity index (χ4n) is 4.22. The minimum atomic E-state index is -4.79. The van der Waals surface area contributed by atoms with Crippen LogP contribution in [0.3, 0.4) is 0 Å². The van der Waals surface area contributed by atoms with Gasteiger partial charge in [-0.2, -0.15) is 0 Å². The van der Waals surface area contributed by atoms with Crippen LogP contribution < -0.4 is 15.4 Å². The van der Waals surface area contributed by atoms with Crippen molar-refractivity contribution in [2.75, 3.05) is 38.0 Å². The van der Waals surface area contributed by atoms with Crippen molar-refractivity contribution in [3.8, 4) is 5.75 Å². The van der Waals surface area contributed by atoms with Crippen LogP contribution in [-0.4, -0.2) is 86.4 Å². The van der Waals surface area contributed by atoms with Gasteiger partial charge >= 0.3 is 12.5 Å². The molecule has 4 aromatic rings. The lowest BCUT2D eigenvalue weighted by molar-refractivity contribution is -0.274. The van der Waals surface area contributed by atoms with Gasteiger partial charge in [0.2, 0.25) is 11.9 Å². The topological polar surface area (TPSA) is 142 Å². The lowest BCUT2D eigenvalue weighted by Crippen LogP contribution is -2.52. The highest BCUT2D eigenvalue weighted by atomic mass is 32.1. The summed E-state index contributed by atoms with van der Waals surface area (Å²) in [4.78, 5) is 47.8. The summed E-state index contributed by atoms with van der Waals surface area (Å²) in [6.45, 7) is 0.715. The number of aromatic nitrogens is 3. The van der Waals surface area contributed by atoms with Crippen molar-refractivity contribution in [1.29, 1.82) is 0 Å². The Morgan fingerprint density at radius 3 is 2.45 bits per heavy atom. The maximum absolute atomic E-state index is 12.7. The van der Waals surface area contributed by atoms with Crippen LogP contribution in [0.2, 0.25) is 0 Å². The Morgan fingerprint density at radius 2 is 1.75 bits per heavy atom. The lowest BCUT2D eigenvalue weighted by Gasteiger charge is -2.33. The van der Waals surface area contributed by atoms with E-state index in [4.69, 9.17) is 5.11 Å². The van der Waals surface area contributed by atoms with E-state index in [2.05, 4.69) is 25.3 Å². The SMILES string of the molecule is Cn1c(Nc2nc3ccc(OC(F)(F)F)cc3s2)nc2cc(C(=O)NCC(=O)N3CCN(C(=O)O)CC3)ccc21. The molecule has 40 heavy (non-hydrogen) atoms. The maximum atomic E-state index is 12.7. The molecule has 12 nitrogen and oxygen atoms in total. The van der Waals surface area contributed by atoms with Gasteiger partial charge in [-0.1, -0.05) is 11.3 Å². The number of aryl methyl sites for hydroxylation is 1. The monoisotopic (exact) mass is 577 g/mol. The number of hydrogen-bond donors (Lipinski definition) is 3. The van der Waals surface area contributed by atoms with Gasteiger partial charge < -0.3 is 34.8 Å². The quantitative estimate of drug-likeness (QED) is 0.317. The van der Waals surface area contributed by atoms with E-state index in [9.17, 15) is 27.6 Å². The predicted octanol–water partition coefficient (Wildman–Crippen LogP) is 3.38. The number of nitrogens with zero attached hydrogens (tertiary/aromatic N) is 5. The summed E-state index contributed by atoms with van der Waals surface area (Å²) in [6.07, 6.45) is -5.82. The Hall–Kier alpha value is -4.60. The number of halogens is 3. The number of nitrogens with one attached hydrogen (secondary N) is 2. The third-order valence-corrected chi connectivity index (χ3v) is 7.19. The predicted molar refractivity (Wildman–Crippen MR) is 139 cm³/mol. The first-order valence-corrected chi connectivity index (χ1v) is 12.7. The molecule has 3 heterocycles. The molecule has 0 saturated carbocycles. The van der Waals surface area contributed by atoms with Crippen molar-refractivity contribution in [2.45, 2.75) is 6.36 Å². The molecule has 0 aliphatic carbocycles. The third-order valence-electron chi connectivity index (χ3n) is 6.26. The molecule has 0 bridgehead atoms. The van der Waals surface area contributed by atoms with Gasteiger partial charge in [0, 0.05) is 44.9 Å². The fourth-order valence-corrected chi connectivity index (χ4v) is 5.11. The molecule has 1 fully saturated rings. The van der Waals surface area contributed by atoms with Gasteiger partial charge in [0.25, 0.3) is 5.91 Å². The number of imidazole rings is 1. The number of thiazole rings is 1. The molecule has 0 unspecified atom stereocenters. The van der Waals surface area contributed by atoms with E-state index >= 15 is 0 Å². The molecule has 0 spiro atoms. The number of carbonyl (C=O) groups excluding carboxylic acids is 2. The average molecular weight is 578 g/mol. The Kier molecular flexibility index (Phi) is 7.10. The summed E-state index contributed by atoms with van der Waals surface area (Å²) in [7, 11) is 1.75. The number of amides is 3. The van der Waals surface area contributed by atoms with E-state index in [0.29, 0.717) is 32.3 Å². The number of carbonyl (C=O) groups is 3. The van der Waals surface area contributed by atoms with E-state index in [-0.39, 0.29) is 49.9 Å². The minimum absolute atomic E-state index is 0.215. The van der Waals surface area contributed by atoms with Crippen LogP contribution in [-0.2, 0) is 11.8 Å². The molecule has 2 aromatic carbocycles. The first kappa shape index (κ1) is 27.0. The molecular weight excluding hydrogens is 555 g/mol. The zero-order valence-corrected chi connectivity index (χ0v) is 21.7. The van der Waals surface area contributed by atoms with Crippen LogP contribution >= 0.6 is 11.3 Å². The standard InChI is InChI=1S/C24H22F3N7O5S/c1-32-17-5-2-13(20(36)28-12-19(35)33-6-8-34(9-7-33)23(37)38)10-16(17)29-21(32)31-22-30-15-4-3-14(11-18(15)40-22)39-24(25,26)27/h2-5,10-11H,6-9,12H2,1H3,(H,28,36)(H,37,38)(H,29,30,31). The lowest BCUT2D eigenvalue weighted by atomic mass is 10.2. The molecule has 3 amide bonds. The van der Waals surface area contributed by atoms with Gasteiger partial charge in [0.05, 0.1) is 27.8 Å². The van der Waals surface area contributed by atoms with Crippen molar-refractivity contribution in [3.05, 3.63) is 42.0 Å². The summed E-state index contributed by atoms with van der Waals surface area (Å²) >= 11 is 1.13. The van der Waals surface area contributed by atoms with Gasteiger partial charge in [-0.25, -0.2) is 14.8 Å². The number of piperazine rings is 1. The first-order valence-electron chi connectivity index (χ1n) is 11.9. The highest BCUT2D eigenvalue weighted by Crippen LogP contribution is 2.33. The van der Waals surface area contributed by atoms with Crippen molar-refractivity contribution < 1.29 is 37.4 Å². The number of ether oxygens (including phenoxy) is 1. The summed E-state index contributed by atoms with van der Waals surface area (Å²) in [5.41, 5.74) is 1.97. The van der Waals surface area contributed by atoms with Crippen LogP contribution in [0.4, 0.5) is 29.0 Å². The number of carboxylic acid groups (broad SMARTS) is 1. The molecule has 1 aliphatic rings. The van der Waals surface area contributed by atoms with E-state index in [1.807, 2.05) is 0 Å². The Labute approximate surface area is 228 Å². The number of anilines is 2. The largest absolute Gasteiger partial charge is 0.573 e. The first-order chi connectivity index (χ1) is 19.0. The minimum Gasteiger partial charge on any atom is -0.465 e. The molecular formula is C24H22F3N7O5S. The summed E-state index contributed by atoms with van der Waals surface area (Å²) < 4.78 is 43.8. The van der Waals surface area contributed by atoms with E-state index < -0.39 is 18.4 Å². The van der Waals surface area contributed by atoms with Crippen LogP contribution in [0.25, 0.3) is 21.3 Å². The van der Waals surface area contributed by atoms with Crippen molar-refractivity contribution in [2.24, 2.45) is 7.05 Å². The average Bonchev–Trinajstić information content (AvgIpc) is 3.45. The van der Waals surface area contributed by atoms with Crippen molar-refractivity contribution in [1.82, 2.24) is 29.7 Å². The highest BCUT2D eigenvalue weighted by Gasteiger charge is 2.31. The van der Waals surface area contributed by atoms with Crippen molar-refractivity contribution in [3.63, 3.8) is 0 Å². The van der Waals surface area contributed by atoms with Crippen LogP contribution in [0.5, 0.6) is 5.75 Å². The summed E-state index contributed by atoms with van der Waals surface area (Å²) in [5, 5.41) is 15.1. The second-order valence-electron chi connectivity index (χ2n) is 8.85. The Balaban J connectivity index is 1.24. The molecule has 210 valence electrons. The number of hydrogen-bond acceptors (Lipinski definition) is 8. The zero-order valence-electron chi connectivity index (χ0n) is 20.9. The number of rotatable bonds is 6. The van der Waals surface area contributed by atoms with Gasteiger partial charge in [-0.05, 0) is 30.3 Å². The van der Waals surface area contributed by atoms with Crippen molar-refractivity contribution >= 4 is 61.6 Å². The summed E-state index contributed by atoms with van der Waals surface area (Å²) in [6, 6.07) is 8.75. The summed E-state index contributed by atoms with van der Waals surface area (Å²) in [5.74, 6) is -0.723. The molecule has 0 radical (unpaired) electrons. The number of benzene rings is 2. The molecule has 1 aliphatic heterocycles. The van der Waals surface area contributed by atoms with E-state index in [1.165, 1.54) is 28.0 Å². The van der Waals surface area contributed by atoms with Gasteiger partial charge in [0.1, 0.15) is 5.75 Å². The molecule has 1 saturated heterocycles. The fraction of sp³-hybridized carbons (Fsp3) is 0.292. The number of fused-ring (bicyclic) bond motifs is 2. The molecule has 0 atom stereocenters. The normalized spacial score (nSPS) is 14.0. The van der Waals surface area contributed by atoms with Crippen LogP contribution in [0.1, 0.15) is 10.4 Å². The molecule has 16 heteroatoms. The Morgan fingerprint density at radius 1 is 1.02 bits per heavy atom. The highest BCUT2D eigenvalue weighted by molar-refractivity contribution is 7.22. The Bertz CT molecular complexity index is 1610. The maximum Gasteiger partial charge on any atom is 0.573 e. The number of alkyl halides is 3. The molecule has 2 aromatic heterocycles. The third kappa shape index (κ3) is 5.85. The second kappa shape index (κ2) is 10.5. The van der Waals surface area contributed by atoms with Gasteiger partial charge in [-0.3, -0.25) is 9.59 Å². The second-order valence-corrected chi connectivity index (χ2v) is 9.88. The van der Waals surface area contributed by atoms with E-state index in [0.717, 1.165) is 11.3 Å². The smallest absolute Gasteiger partial charge is 0.465 e. The van der Waals surface area contributed by atoms with Gasteiger partial charge in [0.15, 0.2) is 5.13 Å². The van der Waals surface area contributed by atoms with Gasteiger partial charge in [-0.15, -0.1) is 13.2 Å². The van der Waals surface area contributed by atoms with Crippen LogP contribution in [0, 0.1) is 0 Å². The zero-order chi connectivity index (χ0) is 28.6. The van der Waals surface area contributed by atoms with Crippen LogP contribution in [0.15, 0.2) is 36.4 Å². The molecule has 5 rings (SSSR count).